The van der Waals surface area contributed by atoms with Gasteiger partial charge in [0, 0.05) is 43.3 Å². The average Bonchev–Trinajstić information content (AvgIpc) is 3.37. The van der Waals surface area contributed by atoms with E-state index >= 15 is 0 Å². The Morgan fingerprint density at radius 1 is 0.929 bits per heavy atom. The van der Waals surface area contributed by atoms with Gasteiger partial charge in [-0.15, -0.1) is 0 Å². The van der Waals surface area contributed by atoms with Gasteiger partial charge in [0.2, 0.25) is 5.91 Å². The average molecular weight is 570 g/mol. The molecular formula is C36H47N3O3. The summed E-state index contributed by atoms with van der Waals surface area (Å²) in [7, 11) is 0. The van der Waals surface area contributed by atoms with E-state index in [-0.39, 0.29) is 24.5 Å². The lowest BCUT2D eigenvalue weighted by Crippen LogP contribution is -2.45. The van der Waals surface area contributed by atoms with Gasteiger partial charge in [0.05, 0.1) is 6.54 Å². The monoisotopic (exact) mass is 569 g/mol. The van der Waals surface area contributed by atoms with Gasteiger partial charge < -0.3 is 19.7 Å². The van der Waals surface area contributed by atoms with Crippen LogP contribution in [0, 0.1) is 5.92 Å². The zero-order chi connectivity index (χ0) is 30.1. The molecule has 224 valence electrons. The van der Waals surface area contributed by atoms with E-state index in [1.807, 2.05) is 41.3 Å². The third kappa shape index (κ3) is 9.20. The number of rotatable bonds is 14. The fraction of sp³-hybridized carbons (Fsp3) is 0.417. The van der Waals surface area contributed by atoms with Crippen LogP contribution in [0.3, 0.4) is 0 Å². The number of amides is 1. The van der Waals surface area contributed by atoms with Crippen molar-refractivity contribution in [1.82, 2.24) is 14.8 Å². The second-order valence-electron chi connectivity index (χ2n) is 12.7. The number of fused-ring (bicyclic) bond motifs is 1. The molecule has 0 aliphatic rings. The van der Waals surface area contributed by atoms with E-state index in [1.54, 1.807) is 0 Å². The molecule has 0 spiro atoms. The topological polar surface area (TPSA) is 68.8 Å². The predicted octanol–water partition coefficient (Wildman–Crippen LogP) is 6.43. The highest BCUT2D eigenvalue weighted by atomic mass is 16.5. The summed E-state index contributed by atoms with van der Waals surface area (Å²) in [6.45, 7) is 13.6. The summed E-state index contributed by atoms with van der Waals surface area (Å²) in [6, 6.07) is 26.4. The molecular weight excluding hydrogens is 522 g/mol. The van der Waals surface area contributed by atoms with Gasteiger partial charge >= 0.3 is 0 Å². The number of carbonyl (C=O) groups excluding carboxylic acids is 1. The van der Waals surface area contributed by atoms with Gasteiger partial charge in [-0.1, -0.05) is 95.3 Å². The van der Waals surface area contributed by atoms with Crippen molar-refractivity contribution in [3.8, 4) is 5.75 Å². The fourth-order valence-electron chi connectivity index (χ4n) is 5.29. The van der Waals surface area contributed by atoms with Crippen LogP contribution in [-0.2, 0) is 23.2 Å². The van der Waals surface area contributed by atoms with Gasteiger partial charge in [-0.05, 0) is 52.6 Å². The number of aliphatic hydroxyl groups excluding tert-OH is 1. The number of aromatic amines is 1. The molecule has 4 rings (SSSR count). The van der Waals surface area contributed by atoms with Gasteiger partial charge in [-0.2, -0.15) is 0 Å². The maximum Gasteiger partial charge on any atom is 0.237 e. The van der Waals surface area contributed by atoms with Crippen LogP contribution in [0.4, 0.5) is 0 Å². The zero-order valence-electron chi connectivity index (χ0n) is 25.8. The van der Waals surface area contributed by atoms with Crippen LogP contribution in [-0.4, -0.2) is 64.7 Å². The largest absolute Gasteiger partial charge is 0.491 e. The first-order valence-corrected chi connectivity index (χ1v) is 15.1. The standard InChI is InChI=1S/C36H47N3O3/c1-27(2)22-38(24-31(40)26-42-32-11-7-6-8-12-32)25-35(41)39(23-28-15-17-30(18-16-28)36(3,4)5)20-19-29-21-37-34-14-10-9-13-33(29)34/h6-18,21,27,31,37,40H,19-20,22-26H2,1-5H3. The zero-order valence-corrected chi connectivity index (χ0v) is 25.8. The lowest BCUT2D eigenvalue weighted by atomic mass is 9.87. The predicted molar refractivity (Wildman–Crippen MR) is 172 cm³/mol. The molecule has 4 aromatic rings. The number of ether oxygens (including phenoxy) is 1. The van der Waals surface area contributed by atoms with Crippen molar-refractivity contribution in [2.75, 3.05) is 32.8 Å². The van der Waals surface area contributed by atoms with Crippen LogP contribution in [0.15, 0.2) is 85.1 Å². The molecule has 1 atom stereocenters. The molecule has 0 fully saturated rings. The summed E-state index contributed by atoms with van der Waals surface area (Å²) in [5.74, 6) is 1.14. The van der Waals surface area contributed by atoms with E-state index in [9.17, 15) is 9.90 Å². The molecule has 3 aromatic carbocycles. The second-order valence-corrected chi connectivity index (χ2v) is 12.7. The van der Waals surface area contributed by atoms with Gasteiger partial charge in [-0.25, -0.2) is 0 Å². The Bertz CT molecular complexity index is 1390. The first kappa shape index (κ1) is 31.3. The van der Waals surface area contributed by atoms with Crippen LogP contribution < -0.4 is 4.74 Å². The Hall–Kier alpha value is -3.61. The maximum atomic E-state index is 13.9. The van der Waals surface area contributed by atoms with Crippen molar-refractivity contribution in [3.63, 3.8) is 0 Å². The van der Waals surface area contributed by atoms with E-state index < -0.39 is 6.10 Å². The molecule has 42 heavy (non-hydrogen) atoms. The third-order valence-electron chi connectivity index (χ3n) is 7.51. The van der Waals surface area contributed by atoms with E-state index in [2.05, 4.69) is 93.2 Å². The summed E-state index contributed by atoms with van der Waals surface area (Å²) in [5, 5.41) is 12.0. The molecule has 6 nitrogen and oxygen atoms in total. The number of H-pyrrole nitrogens is 1. The summed E-state index contributed by atoms with van der Waals surface area (Å²) < 4.78 is 5.78. The molecule has 6 heteroatoms. The Kier molecular flexibility index (Phi) is 10.8. The minimum Gasteiger partial charge on any atom is -0.491 e. The van der Waals surface area contributed by atoms with Crippen LogP contribution >= 0.6 is 0 Å². The lowest BCUT2D eigenvalue weighted by molar-refractivity contribution is -0.133. The molecule has 1 unspecified atom stereocenters. The Morgan fingerprint density at radius 2 is 1.62 bits per heavy atom. The van der Waals surface area contributed by atoms with Crippen LogP contribution in [0.5, 0.6) is 5.75 Å². The molecule has 0 radical (unpaired) electrons. The molecule has 1 amide bonds. The lowest BCUT2D eigenvalue weighted by Gasteiger charge is -2.30. The minimum atomic E-state index is -0.707. The van der Waals surface area contributed by atoms with Crippen molar-refractivity contribution in [2.24, 2.45) is 5.92 Å². The van der Waals surface area contributed by atoms with Crippen LogP contribution in [0.25, 0.3) is 10.9 Å². The van der Waals surface area contributed by atoms with Crippen molar-refractivity contribution in [2.45, 2.75) is 59.1 Å². The van der Waals surface area contributed by atoms with Crippen molar-refractivity contribution in [3.05, 3.63) is 102 Å². The third-order valence-corrected chi connectivity index (χ3v) is 7.51. The molecule has 1 heterocycles. The molecule has 0 aliphatic heterocycles. The molecule has 0 aliphatic carbocycles. The smallest absolute Gasteiger partial charge is 0.237 e. The van der Waals surface area contributed by atoms with E-state index in [0.29, 0.717) is 32.1 Å². The molecule has 0 bridgehead atoms. The Morgan fingerprint density at radius 3 is 2.31 bits per heavy atom. The van der Waals surface area contributed by atoms with Gasteiger partial charge in [0.25, 0.3) is 0 Å². The summed E-state index contributed by atoms with van der Waals surface area (Å²) in [4.78, 5) is 21.3. The van der Waals surface area contributed by atoms with Crippen molar-refractivity contribution in [1.29, 1.82) is 0 Å². The summed E-state index contributed by atoms with van der Waals surface area (Å²) in [6.07, 6.45) is 2.11. The SMILES string of the molecule is CC(C)CN(CC(=O)N(CCc1c[nH]c2ccccc12)Cc1ccc(C(C)(C)C)cc1)CC(O)COc1ccccc1. The molecule has 1 aromatic heterocycles. The molecule has 2 N–H and O–H groups in total. The number of nitrogens with zero attached hydrogens (tertiary/aromatic N) is 2. The number of para-hydroxylation sites is 2. The second kappa shape index (κ2) is 14.5. The van der Waals surface area contributed by atoms with Crippen LogP contribution in [0.1, 0.15) is 51.3 Å². The van der Waals surface area contributed by atoms with Crippen molar-refractivity contribution >= 4 is 16.8 Å². The highest BCUT2D eigenvalue weighted by Gasteiger charge is 2.22. The summed E-state index contributed by atoms with van der Waals surface area (Å²) >= 11 is 0. The van der Waals surface area contributed by atoms with Crippen molar-refractivity contribution < 1.29 is 14.6 Å². The van der Waals surface area contributed by atoms with Crippen LogP contribution in [0.2, 0.25) is 0 Å². The number of carbonyl (C=O) groups is 1. The normalized spacial score (nSPS) is 12.7. The highest BCUT2D eigenvalue weighted by molar-refractivity contribution is 5.83. The molecule has 0 saturated heterocycles. The number of nitrogens with one attached hydrogen (secondary N) is 1. The van der Waals surface area contributed by atoms with E-state index in [0.717, 1.165) is 23.3 Å². The van der Waals surface area contributed by atoms with Gasteiger partial charge in [0.1, 0.15) is 18.5 Å². The highest BCUT2D eigenvalue weighted by Crippen LogP contribution is 2.23. The fourth-order valence-corrected chi connectivity index (χ4v) is 5.29. The first-order valence-electron chi connectivity index (χ1n) is 15.1. The quantitative estimate of drug-likeness (QED) is 0.184. The summed E-state index contributed by atoms with van der Waals surface area (Å²) in [5.41, 5.74) is 4.78. The number of hydrogen-bond acceptors (Lipinski definition) is 4. The molecule has 0 saturated carbocycles. The van der Waals surface area contributed by atoms with Gasteiger partial charge in [0.15, 0.2) is 0 Å². The Balaban J connectivity index is 1.47. The first-order chi connectivity index (χ1) is 20.1. The number of benzene rings is 3. The van der Waals surface area contributed by atoms with E-state index in [1.165, 1.54) is 16.5 Å². The number of aromatic nitrogens is 1. The number of hydrogen-bond donors (Lipinski definition) is 2. The number of aliphatic hydroxyl groups is 1. The Labute approximate surface area is 251 Å². The van der Waals surface area contributed by atoms with E-state index in [4.69, 9.17) is 4.74 Å². The minimum absolute atomic E-state index is 0.0616. The van der Waals surface area contributed by atoms with Gasteiger partial charge in [-0.3, -0.25) is 9.69 Å². The maximum absolute atomic E-state index is 13.9.